The summed E-state index contributed by atoms with van der Waals surface area (Å²) in [5.74, 6) is -3.32. The number of hydrogen-bond donors (Lipinski definition) is 0. The number of alkyl halides is 3. The van der Waals surface area contributed by atoms with Gasteiger partial charge in [-0.15, -0.1) is 0 Å². The van der Waals surface area contributed by atoms with E-state index in [0.717, 1.165) is 69.5 Å². The average molecular weight is 413 g/mol. The van der Waals surface area contributed by atoms with Gasteiger partial charge in [-0.25, -0.2) is 0 Å². The molecule has 2 fully saturated rings. The average Bonchev–Trinajstić information content (AvgIpc) is 3.21. The third-order valence-electron chi connectivity index (χ3n) is 6.16. The molecule has 0 radical (unpaired) electrons. The Kier molecular flexibility index (Phi) is 6.45. The number of rotatable bonds is 5. The summed E-state index contributed by atoms with van der Waals surface area (Å²) in [5.41, 5.74) is -0.578. The second-order valence-corrected chi connectivity index (χ2v) is 7.93. The van der Waals surface area contributed by atoms with Gasteiger partial charge in [0, 0.05) is 31.3 Å². The largest absolute Gasteiger partial charge is 0.404 e. The third kappa shape index (κ3) is 4.71. The van der Waals surface area contributed by atoms with Gasteiger partial charge in [0.25, 0.3) is 5.69 Å². The highest BCUT2D eigenvalue weighted by Crippen LogP contribution is 2.38. The third-order valence-corrected chi connectivity index (χ3v) is 6.16. The molecule has 3 rings (SSSR count). The summed E-state index contributed by atoms with van der Waals surface area (Å²) in [4.78, 5) is 26.7. The second-order valence-electron chi connectivity index (χ2n) is 7.93. The number of amides is 1. The molecule has 0 spiro atoms. The van der Waals surface area contributed by atoms with E-state index in [0.29, 0.717) is 6.42 Å². The quantitative estimate of drug-likeness (QED) is 0.538. The van der Waals surface area contributed by atoms with Crippen molar-refractivity contribution in [2.24, 2.45) is 0 Å². The maximum atomic E-state index is 13.8. The Bertz CT molecular complexity index is 733. The van der Waals surface area contributed by atoms with Crippen molar-refractivity contribution in [3.05, 3.63) is 39.9 Å². The fourth-order valence-electron chi connectivity index (χ4n) is 4.67. The first-order valence-corrected chi connectivity index (χ1v) is 10.0. The molecule has 1 unspecified atom stereocenters. The van der Waals surface area contributed by atoms with Crippen molar-refractivity contribution in [3.8, 4) is 0 Å². The number of likely N-dealkylation sites (N-methyl/N-ethyl adjacent to an activating group) is 1. The summed E-state index contributed by atoms with van der Waals surface area (Å²) in [6.07, 6.45) is 0.860. The van der Waals surface area contributed by atoms with Crippen LogP contribution in [0.2, 0.25) is 0 Å². The van der Waals surface area contributed by atoms with Crippen LogP contribution in [-0.4, -0.2) is 59.0 Å². The number of carbonyl (C=O) groups excluding carboxylic acids is 1. The first-order chi connectivity index (χ1) is 13.7. The molecule has 29 heavy (non-hydrogen) atoms. The van der Waals surface area contributed by atoms with Gasteiger partial charge >= 0.3 is 6.18 Å². The molecule has 0 N–H and O–H groups in total. The summed E-state index contributed by atoms with van der Waals surface area (Å²) in [6.45, 7) is 1.85. The molecule has 1 aliphatic carbocycles. The topological polar surface area (TPSA) is 66.7 Å². The Hall–Kier alpha value is -2.16. The van der Waals surface area contributed by atoms with Gasteiger partial charge in [-0.3, -0.25) is 19.8 Å². The summed E-state index contributed by atoms with van der Waals surface area (Å²) in [5, 5.41) is 10.8. The summed E-state index contributed by atoms with van der Waals surface area (Å²) in [6, 6.07) is 3.91. The predicted molar refractivity (Wildman–Crippen MR) is 102 cm³/mol. The molecule has 160 valence electrons. The smallest absolute Gasteiger partial charge is 0.340 e. The van der Waals surface area contributed by atoms with Gasteiger partial charge in [0.05, 0.1) is 4.92 Å². The highest BCUT2D eigenvalue weighted by Gasteiger charge is 2.49. The molecule has 3 atom stereocenters. The number of carbonyl (C=O) groups is 1. The minimum Gasteiger partial charge on any atom is -0.340 e. The van der Waals surface area contributed by atoms with Crippen LogP contribution in [-0.2, 0) is 4.79 Å². The molecule has 0 aromatic heterocycles. The molecule has 2 aliphatic rings. The lowest BCUT2D eigenvalue weighted by atomic mass is 9.87. The minimum absolute atomic E-state index is 0.0888. The number of likely N-dealkylation sites (tertiary alicyclic amines) is 1. The molecular formula is C20H26F3N3O3. The molecule has 9 heteroatoms. The zero-order valence-corrected chi connectivity index (χ0v) is 16.4. The normalized spacial score (nSPS) is 24.3. The summed E-state index contributed by atoms with van der Waals surface area (Å²) < 4.78 is 41.5. The Balaban J connectivity index is 1.85. The van der Waals surface area contributed by atoms with Crippen LogP contribution in [0.3, 0.4) is 0 Å². The fourth-order valence-corrected chi connectivity index (χ4v) is 4.67. The van der Waals surface area contributed by atoms with Gasteiger partial charge in [-0.2, -0.15) is 13.2 Å². The van der Waals surface area contributed by atoms with Gasteiger partial charge in [0.15, 0.2) is 5.92 Å². The van der Waals surface area contributed by atoms with Gasteiger partial charge in [0.1, 0.15) is 0 Å². The molecule has 1 aliphatic heterocycles. The SMILES string of the molecule is CN(C(=O)C(c1ccc([N+](=O)[O-])cc1)C(F)(F)F)[C@@H]1CCCC[C@H]1N1CCCC1. The van der Waals surface area contributed by atoms with E-state index in [1.54, 1.807) is 0 Å². The first kappa shape index (κ1) is 21.5. The van der Waals surface area contributed by atoms with E-state index in [1.807, 2.05) is 0 Å². The van der Waals surface area contributed by atoms with Crippen LogP contribution in [0, 0.1) is 10.1 Å². The van der Waals surface area contributed by atoms with E-state index < -0.39 is 22.9 Å². The lowest BCUT2D eigenvalue weighted by molar-refractivity contribution is -0.384. The Morgan fingerprint density at radius 1 is 1.14 bits per heavy atom. The van der Waals surface area contributed by atoms with Crippen molar-refractivity contribution < 1.29 is 22.9 Å². The Labute approximate surface area is 167 Å². The van der Waals surface area contributed by atoms with E-state index in [2.05, 4.69) is 4.90 Å². The van der Waals surface area contributed by atoms with Crippen LogP contribution in [0.4, 0.5) is 18.9 Å². The van der Waals surface area contributed by atoms with Gasteiger partial charge in [-0.05, 0) is 44.3 Å². The maximum Gasteiger partial charge on any atom is 0.404 e. The zero-order chi connectivity index (χ0) is 21.2. The number of nitrogens with zero attached hydrogens (tertiary/aromatic N) is 3. The molecule has 6 nitrogen and oxygen atoms in total. The van der Waals surface area contributed by atoms with Crippen molar-refractivity contribution in [3.63, 3.8) is 0 Å². The molecule has 1 amide bonds. The van der Waals surface area contributed by atoms with Crippen LogP contribution in [0.1, 0.15) is 50.0 Å². The lowest BCUT2D eigenvalue weighted by Gasteiger charge is -2.43. The monoisotopic (exact) mass is 413 g/mol. The van der Waals surface area contributed by atoms with Gasteiger partial charge in [0.2, 0.25) is 5.91 Å². The van der Waals surface area contributed by atoms with E-state index in [4.69, 9.17) is 0 Å². The number of halogens is 3. The summed E-state index contributed by atoms with van der Waals surface area (Å²) in [7, 11) is 1.46. The number of non-ortho nitro benzene ring substituents is 1. The van der Waals surface area contributed by atoms with Crippen LogP contribution >= 0.6 is 0 Å². The minimum atomic E-state index is -4.78. The first-order valence-electron chi connectivity index (χ1n) is 10.0. The molecule has 1 saturated heterocycles. The van der Waals surface area contributed by atoms with Crippen LogP contribution in [0.25, 0.3) is 0 Å². The van der Waals surface area contributed by atoms with E-state index in [-0.39, 0.29) is 23.3 Å². The Morgan fingerprint density at radius 3 is 2.28 bits per heavy atom. The van der Waals surface area contributed by atoms with E-state index >= 15 is 0 Å². The molecule has 0 bridgehead atoms. The highest BCUT2D eigenvalue weighted by molar-refractivity contribution is 5.85. The lowest BCUT2D eigenvalue weighted by Crippen LogP contribution is -2.55. The van der Waals surface area contributed by atoms with E-state index in [9.17, 15) is 28.1 Å². The number of nitro groups is 1. The maximum absolute atomic E-state index is 13.8. The fraction of sp³-hybridized carbons (Fsp3) is 0.650. The van der Waals surface area contributed by atoms with Crippen LogP contribution < -0.4 is 0 Å². The van der Waals surface area contributed by atoms with Gasteiger partial charge < -0.3 is 4.90 Å². The zero-order valence-electron chi connectivity index (χ0n) is 16.4. The second kappa shape index (κ2) is 8.69. The van der Waals surface area contributed by atoms with Crippen LogP contribution in [0.15, 0.2) is 24.3 Å². The predicted octanol–water partition coefficient (Wildman–Crippen LogP) is 4.11. The number of benzene rings is 1. The molecule has 1 saturated carbocycles. The molecule has 1 aromatic rings. The van der Waals surface area contributed by atoms with Crippen molar-refractivity contribution in [2.75, 3.05) is 20.1 Å². The van der Waals surface area contributed by atoms with Gasteiger partial charge in [-0.1, -0.05) is 25.0 Å². The molecule has 1 heterocycles. The van der Waals surface area contributed by atoms with Crippen molar-refractivity contribution in [1.29, 1.82) is 0 Å². The summed E-state index contributed by atoms with van der Waals surface area (Å²) >= 11 is 0. The number of hydrogen-bond acceptors (Lipinski definition) is 4. The highest BCUT2D eigenvalue weighted by atomic mass is 19.4. The molecular weight excluding hydrogens is 387 g/mol. The molecule has 1 aromatic carbocycles. The number of nitro benzene ring substituents is 1. The van der Waals surface area contributed by atoms with Crippen molar-refractivity contribution in [1.82, 2.24) is 9.80 Å². The standard InChI is InChI=1S/C20H26F3N3O3/c1-24(16-6-2-3-7-17(16)25-12-4-5-13-25)19(27)18(20(21,22)23)14-8-10-15(11-9-14)26(28)29/h8-11,16-18H,2-7,12-13H2,1H3/t16-,17-,18?/m1/s1. The van der Waals surface area contributed by atoms with E-state index in [1.165, 1.54) is 11.9 Å². The van der Waals surface area contributed by atoms with Crippen molar-refractivity contribution in [2.45, 2.75) is 62.7 Å². The van der Waals surface area contributed by atoms with Crippen molar-refractivity contribution >= 4 is 11.6 Å². The Morgan fingerprint density at radius 2 is 1.72 bits per heavy atom. The van der Waals surface area contributed by atoms with Crippen LogP contribution in [0.5, 0.6) is 0 Å².